The molecule has 1 N–H and O–H groups in total. The SMILES string of the molecule is CCCCOC(=O)CN(c1cccc2c(C(=O)Nc3ccccc3)cccc12)S(=O)(=O)c1cc(Cl)cc(Cl)c1. The van der Waals surface area contributed by atoms with Crippen LogP contribution in [0.4, 0.5) is 11.4 Å². The molecule has 4 rings (SSSR count). The Morgan fingerprint density at radius 3 is 2.23 bits per heavy atom. The summed E-state index contributed by atoms with van der Waals surface area (Å²) >= 11 is 12.2. The lowest BCUT2D eigenvalue weighted by molar-refractivity contribution is -0.141. The van der Waals surface area contributed by atoms with Gasteiger partial charge in [-0.1, -0.05) is 79.0 Å². The maximum absolute atomic E-state index is 13.9. The number of para-hydroxylation sites is 1. The summed E-state index contributed by atoms with van der Waals surface area (Å²) in [5, 5.41) is 4.07. The molecule has 0 spiro atoms. The second-order valence-electron chi connectivity index (χ2n) is 8.69. The Labute approximate surface area is 237 Å². The number of nitrogens with zero attached hydrogens (tertiary/aromatic N) is 1. The van der Waals surface area contributed by atoms with Gasteiger partial charge in [0.2, 0.25) is 0 Å². The van der Waals surface area contributed by atoms with Crippen molar-refractivity contribution in [1.82, 2.24) is 0 Å². The number of carbonyl (C=O) groups is 2. The number of halogens is 2. The highest BCUT2D eigenvalue weighted by atomic mass is 35.5. The molecule has 0 fully saturated rings. The maximum Gasteiger partial charge on any atom is 0.326 e. The van der Waals surface area contributed by atoms with Crippen molar-refractivity contribution in [2.45, 2.75) is 24.7 Å². The predicted octanol–water partition coefficient (Wildman–Crippen LogP) is 6.94. The minimum Gasteiger partial charge on any atom is -0.464 e. The van der Waals surface area contributed by atoms with E-state index in [9.17, 15) is 18.0 Å². The van der Waals surface area contributed by atoms with Crippen LogP contribution in [0.2, 0.25) is 10.0 Å². The van der Waals surface area contributed by atoms with E-state index >= 15 is 0 Å². The third kappa shape index (κ3) is 6.71. The summed E-state index contributed by atoms with van der Waals surface area (Å²) in [6, 6.07) is 22.9. The van der Waals surface area contributed by atoms with Gasteiger partial charge in [0.05, 0.1) is 17.2 Å². The monoisotopic (exact) mass is 584 g/mol. The molecule has 0 atom stereocenters. The number of hydrogen-bond acceptors (Lipinski definition) is 5. The number of rotatable bonds is 10. The topological polar surface area (TPSA) is 92.8 Å². The van der Waals surface area contributed by atoms with Crippen LogP contribution in [-0.2, 0) is 19.6 Å². The molecule has 4 aromatic rings. The van der Waals surface area contributed by atoms with Crippen molar-refractivity contribution in [3.8, 4) is 0 Å². The highest BCUT2D eigenvalue weighted by molar-refractivity contribution is 7.93. The lowest BCUT2D eigenvalue weighted by Crippen LogP contribution is -2.37. The Morgan fingerprint density at radius 2 is 1.54 bits per heavy atom. The Kier molecular flexibility index (Phi) is 9.12. The van der Waals surface area contributed by atoms with Crippen LogP contribution < -0.4 is 9.62 Å². The average Bonchev–Trinajstić information content (AvgIpc) is 2.91. The molecule has 0 aliphatic heterocycles. The van der Waals surface area contributed by atoms with Crippen molar-refractivity contribution in [1.29, 1.82) is 0 Å². The van der Waals surface area contributed by atoms with Crippen LogP contribution in [0, 0.1) is 0 Å². The summed E-state index contributed by atoms with van der Waals surface area (Å²) < 4.78 is 34.1. The number of fused-ring (bicyclic) bond motifs is 1. The second kappa shape index (κ2) is 12.5. The first kappa shape index (κ1) is 28.4. The molecular formula is C29H26Cl2N2O5S. The smallest absolute Gasteiger partial charge is 0.326 e. The number of hydrogen-bond donors (Lipinski definition) is 1. The van der Waals surface area contributed by atoms with E-state index in [1.165, 1.54) is 18.2 Å². The van der Waals surface area contributed by atoms with E-state index in [1.807, 2.05) is 13.0 Å². The quantitative estimate of drug-likeness (QED) is 0.161. The molecule has 1 amide bonds. The average molecular weight is 586 g/mol. The molecule has 0 radical (unpaired) electrons. The zero-order valence-electron chi connectivity index (χ0n) is 21.1. The van der Waals surface area contributed by atoms with E-state index in [0.717, 1.165) is 10.7 Å². The van der Waals surface area contributed by atoms with E-state index < -0.39 is 22.5 Å². The van der Waals surface area contributed by atoms with E-state index in [1.54, 1.807) is 60.7 Å². The molecule has 7 nitrogen and oxygen atoms in total. The standard InChI is InChI=1S/C29H26Cl2N2O5S/c1-2-3-15-38-28(34)19-33(39(36,37)23-17-20(30)16-21(31)18-23)27-14-8-11-24-25(27)12-7-13-26(24)29(35)32-22-9-5-4-6-10-22/h4-14,16-18H,2-3,15,19H2,1H3,(H,32,35). The Morgan fingerprint density at radius 1 is 0.872 bits per heavy atom. The third-order valence-corrected chi connectivity index (χ3v) is 8.08. The fourth-order valence-electron chi connectivity index (χ4n) is 4.03. The van der Waals surface area contributed by atoms with Crippen LogP contribution in [0.25, 0.3) is 10.8 Å². The highest BCUT2D eigenvalue weighted by Gasteiger charge is 2.30. The summed E-state index contributed by atoms with van der Waals surface area (Å²) in [6.07, 6.45) is 1.46. The van der Waals surface area contributed by atoms with Crippen LogP contribution in [0.3, 0.4) is 0 Å². The molecule has 0 saturated heterocycles. The second-order valence-corrected chi connectivity index (χ2v) is 11.4. The number of benzene rings is 4. The van der Waals surface area contributed by atoms with Gasteiger partial charge in [0.1, 0.15) is 6.54 Å². The third-order valence-electron chi connectivity index (χ3n) is 5.90. The van der Waals surface area contributed by atoms with E-state index in [-0.39, 0.29) is 33.1 Å². The predicted molar refractivity (Wildman–Crippen MR) is 155 cm³/mol. The molecule has 0 aliphatic rings. The van der Waals surface area contributed by atoms with Crippen molar-refractivity contribution < 1.29 is 22.7 Å². The largest absolute Gasteiger partial charge is 0.464 e. The summed E-state index contributed by atoms with van der Waals surface area (Å²) in [6.45, 7) is 1.54. The molecule has 0 aromatic heterocycles. The van der Waals surface area contributed by atoms with Crippen LogP contribution in [0.5, 0.6) is 0 Å². The number of sulfonamides is 1. The van der Waals surface area contributed by atoms with E-state index in [4.69, 9.17) is 27.9 Å². The number of unbranched alkanes of at least 4 members (excludes halogenated alkanes) is 1. The van der Waals surface area contributed by atoms with Gasteiger partial charge in [-0.15, -0.1) is 0 Å². The molecule has 10 heteroatoms. The summed E-state index contributed by atoms with van der Waals surface area (Å²) in [7, 11) is -4.33. The molecular weight excluding hydrogens is 559 g/mol. The van der Waals surface area contributed by atoms with Gasteiger partial charge in [-0.05, 0) is 54.3 Å². The fourth-order valence-corrected chi connectivity index (χ4v) is 6.18. The van der Waals surface area contributed by atoms with Crippen LogP contribution >= 0.6 is 23.2 Å². The number of amides is 1. The van der Waals surface area contributed by atoms with E-state index in [2.05, 4.69) is 5.32 Å². The fraction of sp³-hybridized carbons (Fsp3) is 0.172. The molecule has 39 heavy (non-hydrogen) atoms. The number of nitrogens with one attached hydrogen (secondary N) is 1. The molecule has 0 heterocycles. The molecule has 0 unspecified atom stereocenters. The number of esters is 1. The summed E-state index contributed by atoms with van der Waals surface area (Å²) in [5.41, 5.74) is 1.16. The number of ether oxygens (including phenoxy) is 1. The molecule has 4 aromatic carbocycles. The molecule has 0 aliphatic carbocycles. The lowest BCUT2D eigenvalue weighted by Gasteiger charge is -2.25. The zero-order chi connectivity index (χ0) is 28.0. The first-order valence-electron chi connectivity index (χ1n) is 12.2. The Bertz CT molecular complexity index is 1590. The van der Waals surface area contributed by atoms with Crippen LogP contribution in [0.1, 0.15) is 30.1 Å². The Hall–Kier alpha value is -3.59. The summed E-state index contributed by atoms with van der Waals surface area (Å²) in [4.78, 5) is 25.8. The van der Waals surface area contributed by atoms with Gasteiger partial charge in [0.25, 0.3) is 15.9 Å². The number of anilines is 2. The molecule has 0 bridgehead atoms. The van der Waals surface area contributed by atoms with Crippen LogP contribution in [0.15, 0.2) is 89.8 Å². The van der Waals surface area contributed by atoms with Crippen molar-refractivity contribution in [2.24, 2.45) is 0 Å². The molecule has 0 saturated carbocycles. The maximum atomic E-state index is 13.9. The lowest BCUT2D eigenvalue weighted by atomic mass is 10.0. The first-order chi connectivity index (χ1) is 18.7. The minimum atomic E-state index is -4.33. The van der Waals surface area contributed by atoms with Crippen molar-refractivity contribution >= 4 is 67.2 Å². The number of carbonyl (C=O) groups excluding carboxylic acids is 2. The molecule has 202 valence electrons. The minimum absolute atomic E-state index is 0.129. The first-order valence-corrected chi connectivity index (χ1v) is 14.4. The van der Waals surface area contributed by atoms with Gasteiger partial charge in [-0.3, -0.25) is 13.9 Å². The van der Waals surface area contributed by atoms with Crippen LogP contribution in [-0.4, -0.2) is 33.4 Å². The van der Waals surface area contributed by atoms with Gasteiger partial charge in [-0.2, -0.15) is 0 Å². The van der Waals surface area contributed by atoms with Gasteiger partial charge in [0, 0.05) is 26.7 Å². The zero-order valence-corrected chi connectivity index (χ0v) is 23.4. The Balaban J connectivity index is 1.81. The van der Waals surface area contributed by atoms with Gasteiger partial charge >= 0.3 is 5.97 Å². The normalized spacial score (nSPS) is 11.3. The summed E-state index contributed by atoms with van der Waals surface area (Å²) in [5.74, 6) is -1.07. The van der Waals surface area contributed by atoms with Gasteiger partial charge in [0.15, 0.2) is 0 Å². The highest BCUT2D eigenvalue weighted by Crippen LogP contribution is 2.34. The van der Waals surface area contributed by atoms with Gasteiger partial charge in [-0.25, -0.2) is 8.42 Å². The van der Waals surface area contributed by atoms with Gasteiger partial charge < -0.3 is 10.1 Å². The van der Waals surface area contributed by atoms with Crippen molar-refractivity contribution in [3.63, 3.8) is 0 Å². The van der Waals surface area contributed by atoms with E-state index in [0.29, 0.717) is 28.4 Å². The van der Waals surface area contributed by atoms with Crippen molar-refractivity contribution in [2.75, 3.05) is 22.8 Å². The van der Waals surface area contributed by atoms with Crippen molar-refractivity contribution in [3.05, 3.63) is 101 Å².